The van der Waals surface area contributed by atoms with Crippen molar-refractivity contribution in [3.8, 4) is 0 Å². The van der Waals surface area contributed by atoms with Gasteiger partial charge in [0.15, 0.2) is 0 Å². The van der Waals surface area contributed by atoms with E-state index in [0.29, 0.717) is 0 Å². The lowest BCUT2D eigenvalue weighted by atomic mass is 10.1. The Bertz CT molecular complexity index is 561. The van der Waals surface area contributed by atoms with Gasteiger partial charge in [-0.2, -0.15) is 0 Å². The van der Waals surface area contributed by atoms with Gasteiger partial charge in [0.2, 0.25) is 0 Å². The fourth-order valence-electron chi connectivity index (χ4n) is 2.72. The molecule has 0 spiro atoms. The molecule has 0 amide bonds. The van der Waals surface area contributed by atoms with E-state index in [1.54, 1.807) is 6.20 Å². The fourth-order valence-corrected chi connectivity index (χ4v) is 2.72. The van der Waals surface area contributed by atoms with Gasteiger partial charge in [0.1, 0.15) is 0 Å². The third kappa shape index (κ3) is 2.63. The smallest absolute Gasteiger partial charge is 0.0437 e. The van der Waals surface area contributed by atoms with E-state index in [2.05, 4.69) is 15.2 Å². The zero-order chi connectivity index (χ0) is 13.1. The monoisotopic (exact) mass is 256 g/mol. The normalized spacial score (nSPS) is 16.0. The van der Waals surface area contributed by atoms with Crippen LogP contribution in [-0.2, 0) is 0 Å². The van der Waals surface area contributed by atoms with Crippen LogP contribution in [0.25, 0.3) is 10.8 Å². The molecule has 0 bridgehead atoms. The molecular formula is C15H20N4. The Hall–Kier alpha value is -1.81. The molecule has 0 aliphatic carbocycles. The topological polar surface area (TPSA) is 54.2 Å². The van der Waals surface area contributed by atoms with Crippen molar-refractivity contribution in [2.75, 3.05) is 37.2 Å². The minimum absolute atomic E-state index is 0.808. The van der Waals surface area contributed by atoms with Crippen LogP contribution in [0, 0.1) is 0 Å². The Morgan fingerprint density at radius 1 is 1.16 bits per heavy atom. The van der Waals surface area contributed by atoms with E-state index in [0.717, 1.165) is 35.2 Å². The number of rotatable bonds is 4. The summed E-state index contributed by atoms with van der Waals surface area (Å²) in [5.41, 5.74) is 7.92. The number of likely N-dealkylation sites (tertiary alicyclic amines) is 1. The molecule has 3 rings (SSSR count). The van der Waals surface area contributed by atoms with Crippen molar-refractivity contribution in [3.63, 3.8) is 0 Å². The highest BCUT2D eigenvalue weighted by atomic mass is 15.1. The maximum Gasteiger partial charge on any atom is 0.0437 e. The van der Waals surface area contributed by atoms with Crippen LogP contribution in [0.1, 0.15) is 12.8 Å². The molecule has 4 nitrogen and oxygen atoms in total. The first-order valence-corrected chi connectivity index (χ1v) is 6.93. The maximum absolute atomic E-state index is 5.99. The number of hydrogen-bond acceptors (Lipinski definition) is 4. The Kier molecular flexibility index (Phi) is 3.51. The van der Waals surface area contributed by atoms with Crippen molar-refractivity contribution in [1.82, 2.24) is 9.88 Å². The van der Waals surface area contributed by atoms with Crippen molar-refractivity contribution < 1.29 is 0 Å². The van der Waals surface area contributed by atoms with E-state index in [-0.39, 0.29) is 0 Å². The molecule has 3 N–H and O–H groups in total. The molecule has 0 unspecified atom stereocenters. The van der Waals surface area contributed by atoms with Gasteiger partial charge in [-0.25, -0.2) is 0 Å². The second-order valence-electron chi connectivity index (χ2n) is 5.10. The summed E-state index contributed by atoms with van der Waals surface area (Å²) in [6.45, 7) is 4.55. The molecule has 1 aromatic heterocycles. The van der Waals surface area contributed by atoms with Crippen molar-refractivity contribution in [3.05, 3.63) is 30.6 Å². The van der Waals surface area contributed by atoms with E-state index >= 15 is 0 Å². The van der Waals surface area contributed by atoms with Crippen molar-refractivity contribution in [2.45, 2.75) is 12.8 Å². The Balaban J connectivity index is 1.72. The van der Waals surface area contributed by atoms with Gasteiger partial charge in [-0.05, 0) is 44.1 Å². The van der Waals surface area contributed by atoms with Crippen LogP contribution in [0.2, 0.25) is 0 Å². The summed E-state index contributed by atoms with van der Waals surface area (Å²) < 4.78 is 0. The quantitative estimate of drug-likeness (QED) is 0.824. The molecule has 2 heterocycles. The second-order valence-corrected chi connectivity index (χ2v) is 5.10. The van der Waals surface area contributed by atoms with Crippen LogP contribution in [-0.4, -0.2) is 36.1 Å². The zero-order valence-corrected chi connectivity index (χ0v) is 11.1. The first kappa shape index (κ1) is 12.2. The lowest BCUT2D eigenvalue weighted by Gasteiger charge is -2.16. The number of pyridine rings is 1. The molecule has 1 aliphatic rings. The second kappa shape index (κ2) is 5.45. The van der Waals surface area contributed by atoms with Gasteiger partial charge in [-0.3, -0.25) is 4.98 Å². The van der Waals surface area contributed by atoms with Crippen LogP contribution in [0.4, 0.5) is 11.4 Å². The van der Waals surface area contributed by atoms with Crippen LogP contribution >= 0.6 is 0 Å². The van der Waals surface area contributed by atoms with Gasteiger partial charge in [0.05, 0.1) is 0 Å². The maximum atomic E-state index is 5.99. The average Bonchev–Trinajstić information content (AvgIpc) is 2.95. The Morgan fingerprint density at radius 3 is 2.84 bits per heavy atom. The fraction of sp³-hybridized carbons (Fsp3) is 0.400. The van der Waals surface area contributed by atoms with Crippen LogP contribution in [0.5, 0.6) is 0 Å². The van der Waals surface area contributed by atoms with Crippen molar-refractivity contribution in [1.29, 1.82) is 0 Å². The lowest BCUT2D eigenvalue weighted by Crippen LogP contribution is -2.25. The van der Waals surface area contributed by atoms with E-state index in [1.807, 2.05) is 24.4 Å². The van der Waals surface area contributed by atoms with Crippen molar-refractivity contribution in [2.24, 2.45) is 0 Å². The number of nitrogens with zero attached hydrogens (tertiary/aromatic N) is 2. The molecule has 0 atom stereocenters. The number of nitrogens with one attached hydrogen (secondary N) is 1. The van der Waals surface area contributed by atoms with E-state index in [1.165, 1.54) is 25.9 Å². The van der Waals surface area contributed by atoms with Crippen LogP contribution in [0.3, 0.4) is 0 Å². The van der Waals surface area contributed by atoms with Gasteiger partial charge < -0.3 is 16.0 Å². The highest BCUT2D eigenvalue weighted by Gasteiger charge is 2.10. The predicted molar refractivity (Wildman–Crippen MR) is 80.3 cm³/mol. The molecule has 0 radical (unpaired) electrons. The molecule has 4 heteroatoms. The summed E-state index contributed by atoms with van der Waals surface area (Å²) in [6, 6.07) is 5.97. The summed E-state index contributed by atoms with van der Waals surface area (Å²) in [4.78, 5) is 6.70. The number of aromatic nitrogens is 1. The van der Waals surface area contributed by atoms with Crippen molar-refractivity contribution >= 4 is 22.1 Å². The molecule has 1 aliphatic heterocycles. The van der Waals surface area contributed by atoms with Gasteiger partial charge in [-0.1, -0.05) is 0 Å². The largest absolute Gasteiger partial charge is 0.398 e. The lowest BCUT2D eigenvalue weighted by molar-refractivity contribution is 0.353. The summed E-state index contributed by atoms with van der Waals surface area (Å²) in [6.07, 6.45) is 6.35. The summed E-state index contributed by atoms with van der Waals surface area (Å²) >= 11 is 0. The number of hydrogen-bond donors (Lipinski definition) is 2. The molecule has 1 saturated heterocycles. The number of nitrogens with two attached hydrogens (primary N) is 1. The summed E-state index contributed by atoms with van der Waals surface area (Å²) in [5.74, 6) is 0. The van der Waals surface area contributed by atoms with Gasteiger partial charge in [0, 0.05) is 47.6 Å². The SMILES string of the molecule is Nc1ccc(NCCN2CCCC2)c2cnccc12. The summed E-state index contributed by atoms with van der Waals surface area (Å²) in [5, 5.41) is 5.68. The number of anilines is 2. The molecule has 0 saturated carbocycles. The van der Waals surface area contributed by atoms with Gasteiger partial charge in [0.25, 0.3) is 0 Å². The first-order chi connectivity index (χ1) is 9.34. The molecule has 1 aromatic carbocycles. The standard InChI is InChI=1S/C15H20N4/c16-14-3-4-15(13-11-17-6-5-12(13)14)18-7-10-19-8-1-2-9-19/h3-6,11,18H,1-2,7-10,16H2. The van der Waals surface area contributed by atoms with E-state index < -0.39 is 0 Å². The van der Waals surface area contributed by atoms with Gasteiger partial charge in [-0.15, -0.1) is 0 Å². The minimum atomic E-state index is 0.808. The Labute approximate surface area is 113 Å². The molecule has 1 fully saturated rings. The average molecular weight is 256 g/mol. The number of fused-ring (bicyclic) bond motifs is 1. The first-order valence-electron chi connectivity index (χ1n) is 6.93. The number of benzene rings is 1. The predicted octanol–water partition coefficient (Wildman–Crippen LogP) is 2.32. The molecule has 19 heavy (non-hydrogen) atoms. The van der Waals surface area contributed by atoms with Crippen LogP contribution < -0.4 is 11.1 Å². The van der Waals surface area contributed by atoms with Crippen LogP contribution in [0.15, 0.2) is 30.6 Å². The third-order valence-corrected chi connectivity index (χ3v) is 3.79. The third-order valence-electron chi connectivity index (χ3n) is 3.79. The molecule has 2 aromatic rings. The van der Waals surface area contributed by atoms with E-state index in [4.69, 9.17) is 5.73 Å². The zero-order valence-electron chi connectivity index (χ0n) is 11.1. The highest BCUT2D eigenvalue weighted by molar-refractivity contribution is 6.00. The highest BCUT2D eigenvalue weighted by Crippen LogP contribution is 2.27. The van der Waals surface area contributed by atoms with Gasteiger partial charge >= 0.3 is 0 Å². The van der Waals surface area contributed by atoms with E-state index in [9.17, 15) is 0 Å². The Morgan fingerprint density at radius 2 is 2.00 bits per heavy atom. The molecule has 100 valence electrons. The molecular weight excluding hydrogens is 236 g/mol. The minimum Gasteiger partial charge on any atom is -0.398 e. The number of nitrogen functional groups attached to an aromatic ring is 1. The summed E-state index contributed by atoms with van der Waals surface area (Å²) in [7, 11) is 0.